The maximum atomic E-state index is 12.4. The van der Waals surface area contributed by atoms with Gasteiger partial charge in [0, 0.05) is 23.8 Å². The zero-order valence-electron chi connectivity index (χ0n) is 12.7. The van der Waals surface area contributed by atoms with E-state index in [-0.39, 0.29) is 11.9 Å². The molecule has 3 aliphatic rings. The molecular formula is C17H18ClN3O2. The van der Waals surface area contributed by atoms with E-state index in [9.17, 15) is 4.79 Å². The Labute approximate surface area is 139 Å². The molecule has 2 bridgehead atoms. The molecule has 0 aliphatic carbocycles. The number of furan rings is 1. The molecule has 3 aliphatic heterocycles. The highest BCUT2D eigenvalue weighted by molar-refractivity contribution is 6.30. The number of rotatable bonds is 3. The third-order valence-electron chi connectivity index (χ3n) is 4.78. The van der Waals surface area contributed by atoms with Crippen molar-refractivity contribution >= 4 is 17.5 Å². The van der Waals surface area contributed by atoms with Gasteiger partial charge in [0.25, 0.3) is 5.91 Å². The predicted octanol–water partition coefficient (Wildman–Crippen LogP) is 2.82. The average molecular weight is 332 g/mol. The number of piperidine rings is 3. The second-order valence-corrected chi connectivity index (χ2v) is 6.68. The van der Waals surface area contributed by atoms with E-state index in [1.807, 2.05) is 0 Å². The Hall–Kier alpha value is -1.85. The highest BCUT2D eigenvalue weighted by Crippen LogP contribution is 2.28. The molecule has 0 spiro atoms. The maximum absolute atomic E-state index is 12.4. The average Bonchev–Trinajstić information content (AvgIpc) is 3.06. The van der Waals surface area contributed by atoms with Crippen LogP contribution in [-0.4, -0.2) is 41.5 Å². The lowest BCUT2D eigenvalue weighted by atomic mass is 9.84. The minimum atomic E-state index is -0.156. The Balaban J connectivity index is 1.47. The van der Waals surface area contributed by atoms with Crippen LogP contribution in [0.5, 0.6) is 0 Å². The number of carbonyl (C=O) groups excluding carboxylic acids is 1. The molecule has 2 aromatic rings. The minimum absolute atomic E-state index is 0.156. The molecule has 23 heavy (non-hydrogen) atoms. The molecule has 3 saturated heterocycles. The SMILES string of the molecule is O=C(NC1CN2CCC1CC2)c1ccc(-c2cc(Cl)ccn2)o1. The molecule has 1 atom stereocenters. The van der Waals surface area contributed by atoms with Crippen molar-refractivity contribution in [3.05, 3.63) is 41.2 Å². The summed E-state index contributed by atoms with van der Waals surface area (Å²) < 4.78 is 5.66. The highest BCUT2D eigenvalue weighted by atomic mass is 35.5. The van der Waals surface area contributed by atoms with Crippen LogP contribution in [0.25, 0.3) is 11.5 Å². The number of aromatic nitrogens is 1. The van der Waals surface area contributed by atoms with Crippen molar-refractivity contribution in [3.63, 3.8) is 0 Å². The van der Waals surface area contributed by atoms with Crippen LogP contribution in [0.15, 0.2) is 34.9 Å². The van der Waals surface area contributed by atoms with E-state index in [0.29, 0.717) is 28.2 Å². The lowest BCUT2D eigenvalue weighted by molar-refractivity contribution is 0.0606. The van der Waals surface area contributed by atoms with E-state index >= 15 is 0 Å². The molecule has 5 heterocycles. The molecule has 3 fully saturated rings. The third-order valence-corrected chi connectivity index (χ3v) is 5.01. The van der Waals surface area contributed by atoms with Crippen molar-refractivity contribution in [1.29, 1.82) is 0 Å². The first-order valence-electron chi connectivity index (χ1n) is 7.94. The number of fused-ring (bicyclic) bond motifs is 3. The van der Waals surface area contributed by atoms with Gasteiger partial charge >= 0.3 is 0 Å². The lowest BCUT2D eigenvalue weighted by Crippen LogP contribution is -2.57. The van der Waals surface area contributed by atoms with Gasteiger partial charge in [-0.15, -0.1) is 0 Å². The number of hydrogen-bond donors (Lipinski definition) is 1. The smallest absolute Gasteiger partial charge is 0.287 e. The van der Waals surface area contributed by atoms with Gasteiger partial charge in [-0.3, -0.25) is 9.78 Å². The van der Waals surface area contributed by atoms with Crippen LogP contribution in [0.1, 0.15) is 23.4 Å². The fourth-order valence-corrected chi connectivity index (χ4v) is 3.66. The Morgan fingerprint density at radius 1 is 1.30 bits per heavy atom. The molecule has 1 N–H and O–H groups in total. The summed E-state index contributed by atoms with van der Waals surface area (Å²) in [4.78, 5) is 19.1. The summed E-state index contributed by atoms with van der Waals surface area (Å²) >= 11 is 5.96. The Morgan fingerprint density at radius 3 is 2.83 bits per heavy atom. The Morgan fingerprint density at radius 2 is 2.13 bits per heavy atom. The van der Waals surface area contributed by atoms with Gasteiger partial charge in [-0.25, -0.2) is 0 Å². The van der Waals surface area contributed by atoms with Crippen LogP contribution in [0.2, 0.25) is 5.02 Å². The molecule has 2 aromatic heterocycles. The van der Waals surface area contributed by atoms with Gasteiger partial charge in [0.05, 0.1) is 0 Å². The zero-order valence-corrected chi connectivity index (χ0v) is 13.4. The monoisotopic (exact) mass is 331 g/mol. The molecular weight excluding hydrogens is 314 g/mol. The van der Waals surface area contributed by atoms with E-state index in [0.717, 1.165) is 19.6 Å². The summed E-state index contributed by atoms with van der Waals surface area (Å²) in [5.74, 6) is 1.30. The van der Waals surface area contributed by atoms with Gasteiger partial charge in [-0.2, -0.15) is 0 Å². The molecule has 0 saturated carbocycles. The van der Waals surface area contributed by atoms with Gasteiger partial charge in [0.2, 0.25) is 0 Å². The maximum Gasteiger partial charge on any atom is 0.287 e. The molecule has 5 nitrogen and oxygen atoms in total. The Kier molecular flexibility index (Phi) is 3.83. The molecule has 1 amide bonds. The quantitative estimate of drug-likeness (QED) is 0.939. The number of pyridine rings is 1. The number of hydrogen-bond acceptors (Lipinski definition) is 4. The van der Waals surface area contributed by atoms with E-state index in [2.05, 4.69) is 15.2 Å². The highest BCUT2D eigenvalue weighted by Gasteiger charge is 2.35. The van der Waals surface area contributed by atoms with Crippen molar-refractivity contribution in [2.75, 3.05) is 19.6 Å². The second kappa shape index (κ2) is 5.98. The summed E-state index contributed by atoms with van der Waals surface area (Å²) in [5.41, 5.74) is 0.624. The van der Waals surface area contributed by atoms with Crippen molar-refractivity contribution in [1.82, 2.24) is 15.2 Å². The fraction of sp³-hybridized carbons (Fsp3) is 0.412. The van der Waals surface area contributed by atoms with E-state index in [1.165, 1.54) is 12.8 Å². The summed E-state index contributed by atoms with van der Waals surface area (Å²) in [5, 5.41) is 3.71. The predicted molar refractivity (Wildman–Crippen MR) is 87.4 cm³/mol. The summed E-state index contributed by atoms with van der Waals surface area (Å²) in [6, 6.07) is 7.09. The largest absolute Gasteiger partial charge is 0.449 e. The summed E-state index contributed by atoms with van der Waals surface area (Å²) in [6.45, 7) is 3.25. The summed E-state index contributed by atoms with van der Waals surface area (Å²) in [6.07, 6.45) is 3.95. The number of carbonyl (C=O) groups is 1. The number of amides is 1. The van der Waals surface area contributed by atoms with Crippen molar-refractivity contribution in [2.24, 2.45) is 5.92 Å². The first kappa shape index (κ1) is 14.7. The first-order chi connectivity index (χ1) is 11.2. The molecule has 0 radical (unpaired) electrons. The standard InChI is InChI=1S/C17H18ClN3O2/c18-12-3-6-19-13(9-12)15-1-2-16(23-15)17(22)20-14-10-21-7-4-11(14)5-8-21/h1-3,6,9,11,14H,4-5,7-8,10H2,(H,20,22). The molecule has 5 rings (SSSR count). The third kappa shape index (κ3) is 2.99. The fourth-order valence-electron chi connectivity index (χ4n) is 3.51. The van der Waals surface area contributed by atoms with E-state index in [4.69, 9.17) is 16.0 Å². The zero-order chi connectivity index (χ0) is 15.8. The second-order valence-electron chi connectivity index (χ2n) is 6.24. The van der Waals surface area contributed by atoms with Crippen LogP contribution in [0, 0.1) is 5.92 Å². The molecule has 1 unspecified atom stereocenters. The molecule has 6 heteroatoms. The van der Waals surface area contributed by atoms with Gasteiger partial charge < -0.3 is 14.6 Å². The van der Waals surface area contributed by atoms with Crippen LogP contribution in [-0.2, 0) is 0 Å². The summed E-state index contributed by atoms with van der Waals surface area (Å²) in [7, 11) is 0. The Bertz CT molecular complexity index is 722. The van der Waals surface area contributed by atoms with Crippen LogP contribution < -0.4 is 5.32 Å². The normalized spacial score (nSPS) is 26.2. The number of nitrogens with one attached hydrogen (secondary N) is 1. The van der Waals surface area contributed by atoms with Crippen LogP contribution in [0.3, 0.4) is 0 Å². The van der Waals surface area contributed by atoms with Gasteiger partial charge in [0.15, 0.2) is 11.5 Å². The van der Waals surface area contributed by atoms with Crippen LogP contribution >= 0.6 is 11.6 Å². The van der Waals surface area contributed by atoms with Crippen molar-refractivity contribution in [2.45, 2.75) is 18.9 Å². The molecule has 120 valence electrons. The molecule has 0 aromatic carbocycles. The number of nitrogens with zero attached hydrogens (tertiary/aromatic N) is 2. The minimum Gasteiger partial charge on any atom is -0.449 e. The first-order valence-corrected chi connectivity index (χ1v) is 8.32. The van der Waals surface area contributed by atoms with Gasteiger partial charge in [0.1, 0.15) is 5.69 Å². The number of halogens is 1. The van der Waals surface area contributed by atoms with E-state index < -0.39 is 0 Å². The lowest BCUT2D eigenvalue weighted by Gasteiger charge is -2.44. The van der Waals surface area contributed by atoms with Gasteiger partial charge in [-0.05, 0) is 56.1 Å². The van der Waals surface area contributed by atoms with Gasteiger partial charge in [-0.1, -0.05) is 11.6 Å². The van der Waals surface area contributed by atoms with Crippen LogP contribution in [0.4, 0.5) is 0 Å². The topological polar surface area (TPSA) is 58.4 Å². The van der Waals surface area contributed by atoms with Crippen molar-refractivity contribution in [3.8, 4) is 11.5 Å². The van der Waals surface area contributed by atoms with Crippen molar-refractivity contribution < 1.29 is 9.21 Å². The van der Waals surface area contributed by atoms with E-state index in [1.54, 1.807) is 30.5 Å².